The molecule has 3 nitrogen and oxygen atoms in total. The van der Waals surface area contributed by atoms with Gasteiger partial charge in [0.2, 0.25) is 0 Å². The molecule has 2 aliphatic rings. The molecule has 1 saturated carbocycles. The second kappa shape index (κ2) is 5.66. The van der Waals surface area contributed by atoms with Crippen LogP contribution in [0.25, 0.3) is 0 Å². The van der Waals surface area contributed by atoms with Crippen molar-refractivity contribution in [1.29, 1.82) is 5.26 Å². The molecule has 4 heteroatoms. The molecule has 1 aliphatic heterocycles. The molecular formula is C15H17N3S. The number of nitrogens with one attached hydrogen (secondary N) is 1. The summed E-state index contributed by atoms with van der Waals surface area (Å²) < 4.78 is 0. The Hall–Kier alpha value is -1.47. The first kappa shape index (κ1) is 12.6. The minimum Gasteiger partial charge on any atom is -0.360 e. The average molecular weight is 271 g/mol. The Labute approximate surface area is 118 Å². The minimum atomic E-state index is 0.511. The molecule has 0 unspecified atom stereocenters. The maximum atomic E-state index is 8.77. The summed E-state index contributed by atoms with van der Waals surface area (Å²) in [6.45, 7) is 0. The molecule has 0 saturated heterocycles. The van der Waals surface area contributed by atoms with Gasteiger partial charge >= 0.3 is 0 Å². The van der Waals surface area contributed by atoms with Crippen LogP contribution in [0.4, 0.5) is 0 Å². The molecule has 0 aromatic heterocycles. The van der Waals surface area contributed by atoms with Crippen molar-refractivity contribution in [2.45, 2.75) is 43.5 Å². The number of nitrogens with zero attached hydrogens (tertiary/aromatic N) is 2. The second-order valence-corrected chi connectivity index (χ2v) is 6.10. The third kappa shape index (κ3) is 2.93. The van der Waals surface area contributed by atoms with E-state index in [2.05, 4.69) is 11.4 Å². The highest BCUT2D eigenvalue weighted by molar-refractivity contribution is 8.13. The van der Waals surface area contributed by atoms with E-state index >= 15 is 0 Å². The Morgan fingerprint density at radius 1 is 1.26 bits per heavy atom. The van der Waals surface area contributed by atoms with Crippen LogP contribution in [0, 0.1) is 11.3 Å². The van der Waals surface area contributed by atoms with E-state index in [9.17, 15) is 0 Å². The summed E-state index contributed by atoms with van der Waals surface area (Å²) in [6.07, 6.45) is 5.14. The van der Waals surface area contributed by atoms with E-state index in [1.54, 1.807) is 11.8 Å². The predicted molar refractivity (Wildman–Crippen MR) is 79.1 cm³/mol. The maximum Gasteiger partial charge on any atom is 0.157 e. The van der Waals surface area contributed by atoms with Gasteiger partial charge in [0.1, 0.15) is 0 Å². The largest absolute Gasteiger partial charge is 0.360 e. The molecule has 98 valence electrons. The topological polar surface area (TPSA) is 48.2 Å². The van der Waals surface area contributed by atoms with Gasteiger partial charge in [-0.05, 0) is 30.5 Å². The standard InChI is InChI=1S/C15H17N3S/c16-9-11-5-7-12(8-6-11)10-19-15-17-13-3-1-2-4-14(13)18-15/h5-8,13-14H,1-4,10H2,(H,17,18)/t13-,14-/m0/s1. The highest BCUT2D eigenvalue weighted by atomic mass is 32.2. The van der Waals surface area contributed by atoms with Gasteiger partial charge in [0, 0.05) is 5.75 Å². The molecule has 2 atom stereocenters. The number of amidine groups is 1. The molecule has 1 heterocycles. The minimum absolute atomic E-state index is 0.511. The first-order chi connectivity index (χ1) is 9.35. The Bertz CT molecular complexity index is 515. The quantitative estimate of drug-likeness (QED) is 0.899. The van der Waals surface area contributed by atoms with Crippen molar-refractivity contribution >= 4 is 16.9 Å². The molecule has 1 aliphatic carbocycles. The van der Waals surface area contributed by atoms with E-state index in [1.165, 1.54) is 31.2 Å². The number of hydrogen-bond donors (Lipinski definition) is 1. The molecule has 1 aromatic rings. The fourth-order valence-corrected chi connectivity index (χ4v) is 3.63. The van der Waals surface area contributed by atoms with Crippen LogP contribution in [-0.4, -0.2) is 17.3 Å². The van der Waals surface area contributed by atoms with Crippen LogP contribution in [-0.2, 0) is 5.75 Å². The molecule has 3 rings (SSSR count). The zero-order valence-electron chi connectivity index (χ0n) is 10.8. The van der Waals surface area contributed by atoms with Crippen molar-refractivity contribution in [2.24, 2.45) is 4.99 Å². The van der Waals surface area contributed by atoms with Crippen LogP contribution < -0.4 is 5.32 Å². The number of hydrogen-bond acceptors (Lipinski definition) is 4. The van der Waals surface area contributed by atoms with Gasteiger partial charge in [-0.25, -0.2) is 0 Å². The summed E-state index contributed by atoms with van der Waals surface area (Å²) in [5.74, 6) is 0.914. The number of rotatable bonds is 2. The van der Waals surface area contributed by atoms with Crippen LogP contribution >= 0.6 is 11.8 Å². The summed E-state index contributed by atoms with van der Waals surface area (Å²) in [6, 6.07) is 11.0. The van der Waals surface area contributed by atoms with E-state index in [0.29, 0.717) is 12.1 Å². The molecule has 1 aromatic carbocycles. The average Bonchev–Trinajstić information content (AvgIpc) is 2.88. The lowest BCUT2D eigenvalue weighted by Crippen LogP contribution is -2.36. The zero-order valence-corrected chi connectivity index (χ0v) is 11.6. The Balaban J connectivity index is 1.56. The van der Waals surface area contributed by atoms with Crippen molar-refractivity contribution in [3.05, 3.63) is 35.4 Å². The van der Waals surface area contributed by atoms with E-state index in [1.807, 2.05) is 24.3 Å². The Morgan fingerprint density at radius 2 is 2.05 bits per heavy atom. The lowest BCUT2D eigenvalue weighted by Gasteiger charge is -2.23. The number of fused-ring (bicyclic) bond motifs is 1. The van der Waals surface area contributed by atoms with Crippen LogP contribution in [0.3, 0.4) is 0 Å². The van der Waals surface area contributed by atoms with Crippen LogP contribution in [0.1, 0.15) is 36.8 Å². The molecule has 0 amide bonds. The molecule has 19 heavy (non-hydrogen) atoms. The number of benzene rings is 1. The fourth-order valence-electron chi connectivity index (χ4n) is 2.69. The Kier molecular flexibility index (Phi) is 3.74. The first-order valence-corrected chi connectivity index (χ1v) is 7.80. The van der Waals surface area contributed by atoms with Crippen LogP contribution in [0.2, 0.25) is 0 Å². The third-order valence-electron chi connectivity index (χ3n) is 3.78. The summed E-state index contributed by atoms with van der Waals surface area (Å²) in [4.78, 5) is 4.77. The van der Waals surface area contributed by atoms with E-state index in [4.69, 9.17) is 10.3 Å². The lowest BCUT2D eigenvalue weighted by molar-refractivity contribution is 0.385. The van der Waals surface area contributed by atoms with E-state index in [0.717, 1.165) is 16.5 Å². The van der Waals surface area contributed by atoms with Gasteiger partial charge in [0.25, 0.3) is 0 Å². The van der Waals surface area contributed by atoms with Gasteiger partial charge < -0.3 is 5.32 Å². The van der Waals surface area contributed by atoms with Crippen molar-refractivity contribution in [1.82, 2.24) is 5.32 Å². The summed E-state index contributed by atoms with van der Waals surface area (Å²) in [5, 5.41) is 13.4. The van der Waals surface area contributed by atoms with Crippen molar-refractivity contribution in [3.63, 3.8) is 0 Å². The monoisotopic (exact) mass is 271 g/mol. The van der Waals surface area contributed by atoms with Gasteiger partial charge in [-0.2, -0.15) is 5.26 Å². The third-order valence-corrected chi connectivity index (χ3v) is 4.75. The van der Waals surface area contributed by atoms with Gasteiger partial charge in [-0.1, -0.05) is 36.7 Å². The second-order valence-electron chi connectivity index (χ2n) is 5.13. The first-order valence-electron chi connectivity index (χ1n) is 6.81. The van der Waals surface area contributed by atoms with Gasteiger partial charge in [0.15, 0.2) is 5.17 Å². The van der Waals surface area contributed by atoms with Crippen molar-refractivity contribution in [2.75, 3.05) is 0 Å². The zero-order chi connectivity index (χ0) is 13.1. The molecule has 0 bridgehead atoms. The molecule has 1 N–H and O–H groups in total. The number of thioether (sulfide) groups is 1. The van der Waals surface area contributed by atoms with Gasteiger partial charge in [-0.15, -0.1) is 0 Å². The lowest BCUT2D eigenvalue weighted by atomic mass is 9.92. The molecule has 0 spiro atoms. The Morgan fingerprint density at radius 3 is 2.79 bits per heavy atom. The van der Waals surface area contributed by atoms with E-state index < -0.39 is 0 Å². The van der Waals surface area contributed by atoms with E-state index in [-0.39, 0.29) is 0 Å². The molecule has 1 fully saturated rings. The molecular weight excluding hydrogens is 254 g/mol. The SMILES string of the molecule is N#Cc1ccc(CSC2=N[C@H]3CCCC[C@@H]3N2)cc1. The highest BCUT2D eigenvalue weighted by Crippen LogP contribution is 2.27. The van der Waals surface area contributed by atoms with Crippen molar-refractivity contribution in [3.8, 4) is 6.07 Å². The maximum absolute atomic E-state index is 8.77. The number of aliphatic imine (C=N–C) groups is 1. The summed E-state index contributed by atoms with van der Waals surface area (Å²) >= 11 is 1.77. The highest BCUT2D eigenvalue weighted by Gasteiger charge is 2.30. The summed E-state index contributed by atoms with van der Waals surface area (Å²) in [5.41, 5.74) is 1.96. The molecule has 0 radical (unpaired) electrons. The summed E-state index contributed by atoms with van der Waals surface area (Å²) in [7, 11) is 0. The van der Waals surface area contributed by atoms with Crippen LogP contribution in [0.5, 0.6) is 0 Å². The normalized spacial score (nSPS) is 25.1. The van der Waals surface area contributed by atoms with Crippen LogP contribution in [0.15, 0.2) is 29.3 Å². The predicted octanol–water partition coefficient (Wildman–Crippen LogP) is 3.06. The fraction of sp³-hybridized carbons (Fsp3) is 0.467. The van der Waals surface area contributed by atoms with Gasteiger partial charge in [0.05, 0.1) is 23.7 Å². The van der Waals surface area contributed by atoms with Crippen molar-refractivity contribution < 1.29 is 0 Å². The smallest absolute Gasteiger partial charge is 0.157 e. The van der Waals surface area contributed by atoms with Gasteiger partial charge in [-0.3, -0.25) is 4.99 Å². The number of nitriles is 1.